The van der Waals surface area contributed by atoms with Gasteiger partial charge in [0, 0.05) is 48.3 Å². The second-order valence-corrected chi connectivity index (χ2v) is 5.86. The number of hydrogen-bond donors (Lipinski definition) is 1. The maximum atomic E-state index is 10.6. The quantitative estimate of drug-likeness (QED) is 0.901. The maximum Gasteiger partial charge on any atom is 0.0972 e. The molecule has 0 spiro atoms. The SMILES string of the molecule is OC(c1cc(Cl)ccc1Cl)C1CN2CCN1CC2. The molecule has 0 saturated carbocycles. The van der Waals surface area contributed by atoms with Crippen molar-refractivity contribution in [2.75, 3.05) is 32.7 Å². The number of rotatable bonds is 2. The van der Waals surface area contributed by atoms with Crippen LogP contribution in [0.1, 0.15) is 11.7 Å². The average Bonchev–Trinajstić information content (AvgIpc) is 2.42. The standard InChI is InChI=1S/C13H16Cl2N2O/c14-9-1-2-11(15)10(7-9)13(18)12-8-16-3-5-17(12)6-4-16/h1-2,7,12-13,18H,3-6,8H2. The monoisotopic (exact) mass is 286 g/mol. The summed E-state index contributed by atoms with van der Waals surface area (Å²) < 4.78 is 0. The van der Waals surface area contributed by atoms with Crippen molar-refractivity contribution in [3.8, 4) is 0 Å². The third-order valence-corrected chi connectivity index (χ3v) is 4.54. The summed E-state index contributed by atoms with van der Waals surface area (Å²) in [6, 6.07) is 5.40. The molecule has 0 amide bonds. The minimum atomic E-state index is -0.570. The highest BCUT2D eigenvalue weighted by Gasteiger charge is 2.37. The molecule has 1 N–H and O–H groups in total. The molecule has 4 rings (SSSR count). The second kappa shape index (κ2) is 4.99. The molecule has 2 bridgehead atoms. The number of aliphatic hydroxyl groups is 1. The van der Waals surface area contributed by atoms with E-state index in [0.29, 0.717) is 10.0 Å². The molecule has 2 atom stereocenters. The first-order valence-corrected chi connectivity index (χ1v) is 7.00. The number of benzene rings is 1. The molecular weight excluding hydrogens is 271 g/mol. The highest BCUT2D eigenvalue weighted by atomic mass is 35.5. The Bertz CT molecular complexity index is 447. The number of aliphatic hydroxyl groups excluding tert-OH is 1. The lowest BCUT2D eigenvalue weighted by atomic mass is 9.96. The van der Waals surface area contributed by atoms with Gasteiger partial charge in [-0.15, -0.1) is 0 Å². The number of halogens is 2. The van der Waals surface area contributed by atoms with Crippen molar-refractivity contribution in [3.05, 3.63) is 33.8 Å². The second-order valence-electron chi connectivity index (χ2n) is 5.01. The van der Waals surface area contributed by atoms with Gasteiger partial charge in [0.15, 0.2) is 0 Å². The van der Waals surface area contributed by atoms with Crippen LogP contribution in [0.25, 0.3) is 0 Å². The molecule has 98 valence electrons. The third-order valence-electron chi connectivity index (χ3n) is 3.96. The van der Waals surface area contributed by atoms with E-state index in [1.54, 1.807) is 18.2 Å². The van der Waals surface area contributed by atoms with E-state index in [4.69, 9.17) is 23.2 Å². The number of nitrogens with zero attached hydrogens (tertiary/aromatic N) is 2. The van der Waals surface area contributed by atoms with Gasteiger partial charge in [-0.2, -0.15) is 0 Å². The maximum absolute atomic E-state index is 10.6. The Labute approximate surface area is 117 Å². The van der Waals surface area contributed by atoms with Gasteiger partial charge >= 0.3 is 0 Å². The predicted molar refractivity (Wildman–Crippen MR) is 73.2 cm³/mol. The summed E-state index contributed by atoms with van der Waals surface area (Å²) in [5.74, 6) is 0. The lowest BCUT2D eigenvalue weighted by Gasteiger charge is -2.49. The molecule has 0 radical (unpaired) electrons. The largest absolute Gasteiger partial charge is 0.387 e. The Kier molecular flexibility index (Phi) is 3.52. The van der Waals surface area contributed by atoms with E-state index in [2.05, 4.69) is 9.80 Å². The Hall–Kier alpha value is -0.320. The van der Waals surface area contributed by atoms with Crippen LogP contribution in [-0.4, -0.2) is 53.7 Å². The number of hydrogen-bond acceptors (Lipinski definition) is 3. The Morgan fingerprint density at radius 1 is 1.17 bits per heavy atom. The van der Waals surface area contributed by atoms with Crippen molar-refractivity contribution >= 4 is 23.2 Å². The van der Waals surface area contributed by atoms with Gasteiger partial charge in [0.25, 0.3) is 0 Å². The van der Waals surface area contributed by atoms with Crippen LogP contribution < -0.4 is 0 Å². The van der Waals surface area contributed by atoms with E-state index in [-0.39, 0.29) is 6.04 Å². The first-order chi connectivity index (χ1) is 8.65. The molecule has 3 aliphatic rings. The van der Waals surface area contributed by atoms with Gasteiger partial charge in [-0.1, -0.05) is 23.2 Å². The number of piperazine rings is 3. The molecule has 0 aliphatic carbocycles. The van der Waals surface area contributed by atoms with Crippen LogP contribution in [0.15, 0.2) is 18.2 Å². The molecule has 3 nitrogen and oxygen atoms in total. The van der Waals surface area contributed by atoms with Crippen LogP contribution in [0.3, 0.4) is 0 Å². The molecule has 1 aromatic carbocycles. The Morgan fingerprint density at radius 3 is 2.50 bits per heavy atom. The normalized spacial score (nSPS) is 32.5. The molecule has 3 aliphatic heterocycles. The van der Waals surface area contributed by atoms with E-state index in [1.165, 1.54) is 0 Å². The zero-order valence-corrected chi connectivity index (χ0v) is 11.5. The van der Waals surface area contributed by atoms with Gasteiger partial charge in [0.05, 0.1) is 12.1 Å². The molecule has 2 unspecified atom stereocenters. The van der Waals surface area contributed by atoms with Crippen LogP contribution >= 0.6 is 23.2 Å². The van der Waals surface area contributed by atoms with Crippen LogP contribution in [0, 0.1) is 0 Å². The van der Waals surface area contributed by atoms with Crippen LogP contribution in [0.2, 0.25) is 10.0 Å². The molecule has 0 aromatic heterocycles. The fraction of sp³-hybridized carbons (Fsp3) is 0.538. The van der Waals surface area contributed by atoms with Gasteiger partial charge in [0.1, 0.15) is 0 Å². The summed E-state index contributed by atoms with van der Waals surface area (Å²) in [6.07, 6.45) is -0.570. The lowest BCUT2D eigenvalue weighted by molar-refractivity contribution is -0.0470. The summed E-state index contributed by atoms with van der Waals surface area (Å²) in [5.41, 5.74) is 0.739. The highest BCUT2D eigenvalue weighted by Crippen LogP contribution is 2.32. The van der Waals surface area contributed by atoms with E-state index in [0.717, 1.165) is 38.3 Å². The van der Waals surface area contributed by atoms with Crippen molar-refractivity contribution in [2.24, 2.45) is 0 Å². The van der Waals surface area contributed by atoms with Crippen molar-refractivity contribution in [2.45, 2.75) is 12.1 Å². The third kappa shape index (κ3) is 2.26. The minimum absolute atomic E-state index is 0.128. The zero-order chi connectivity index (χ0) is 12.7. The zero-order valence-electron chi connectivity index (χ0n) is 10.0. The fourth-order valence-corrected chi connectivity index (χ4v) is 3.32. The van der Waals surface area contributed by atoms with Crippen LogP contribution in [0.4, 0.5) is 0 Å². The van der Waals surface area contributed by atoms with E-state index < -0.39 is 6.10 Å². The Balaban J connectivity index is 1.85. The fourth-order valence-electron chi connectivity index (χ4n) is 2.91. The van der Waals surface area contributed by atoms with Gasteiger partial charge in [-0.05, 0) is 18.2 Å². The Morgan fingerprint density at radius 2 is 1.89 bits per heavy atom. The van der Waals surface area contributed by atoms with Gasteiger partial charge < -0.3 is 5.11 Å². The van der Waals surface area contributed by atoms with Gasteiger partial charge in [-0.3, -0.25) is 9.80 Å². The highest BCUT2D eigenvalue weighted by molar-refractivity contribution is 6.33. The molecule has 1 aromatic rings. The number of fused-ring (bicyclic) bond motifs is 3. The van der Waals surface area contributed by atoms with Gasteiger partial charge in [0.2, 0.25) is 0 Å². The van der Waals surface area contributed by atoms with Crippen molar-refractivity contribution in [3.63, 3.8) is 0 Å². The predicted octanol–water partition coefficient (Wildman–Crippen LogP) is 2.03. The van der Waals surface area contributed by atoms with Crippen LogP contribution in [0.5, 0.6) is 0 Å². The average molecular weight is 287 g/mol. The summed E-state index contributed by atoms with van der Waals surface area (Å²) in [4.78, 5) is 4.74. The van der Waals surface area contributed by atoms with Gasteiger partial charge in [-0.25, -0.2) is 0 Å². The van der Waals surface area contributed by atoms with E-state index in [9.17, 15) is 5.11 Å². The summed E-state index contributed by atoms with van der Waals surface area (Å²) in [5, 5.41) is 11.8. The van der Waals surface area contributed by atoms with Crippen LogP contribution in [-0.2, 0) is 0 Å². The molecule has 3 heterocycles. The van der Waals surface area contributed by atoms with Crippen molar-refractivity contribution < 1.29 is 5.11 Å². The summed E-state index contributed by atoms with van der Waals surface area (Å²) >= 11 is 12.1. The molecular formula is C13H16Cl2N2O. The summed E-state index contributed by atoms with van der Waals surface area (Å²) in [6.45, 7) is 5.17. The molecule has 3 saturated heterocycles. The minimum Gasteiger partial charge on any atom is -0.387 e. The topological polar surface area (TPSA) is 26.7 Å². The first-order valence-electron chi connectivity index (χ1n) is 6.24. The molecule has 5 heteroatoms. The van der Waals surface area contributed by atoms with Crippen molar-refractivity contribution in [1.29, 1.82) is 0 Å². The first kappa shape index (κ1) is 12.7. The van der Waals surface area contributed by atoms with E-state index >= 15 is 0 Å². The van der Waals surface area contributed by atoms with E-state index in [1.807, 2.05) is 0 Å². The lowest BCUT2D eigenvalue weighted by Crippen LogP contribution is -2.62. The molecule has 18 heavy (non-hydrogen) atoms. The molecule has 3 fully saturated rings. The van der Waals surface area contributed by atoms with Crippen molar-refractivity contribution in [1.82, 2.24) is 9.80 Å². The summed E-state index contributed by atoms with van der Waals surface area (Å²) in [7, 11) is 0. The smallest absolute Gasteiger partial charge is 0.0972 e.